The van der Waals surface area contributed by atoms with E-state index in [-0.39, 0.29) is 24.2 Å². The van der Waals surface area contributed by atoms with Crippen LogP contribution in [0.4, 0.5) is 36.8 Å². The van der Waals surface area contributed by atoms with Crippen LogP contribution in [0.5, 0.6) is 11.5 Å². The van der Waals surface area contributed by atoms with Crippen molar-refractivity contribution in [3.63, 3.8) is 0 Å². The van der Waals surface area contributed by atoms with Gasteiger partial charge >= 0.3 is 18.4 Å². The van der Waals surface area contributed by atoms with E-state index in [2.05, 4.69) is 5.32 Å². The lowest BCUT2D eigenvalue weighted by Gasteiger charge is -2.46. The van der Waals surface area contributed by atoms with Gasteiger partial charge in [-0.25, -0.2) is 4.79 Å². The molecule has 16 heteroatoms. The Morgan fingerprint density at radius 1 is 0.909 bits per heavy atom. The Morgan fingerprint density at radius 2 is 1.58 bits per heavy atom. The SMILES string of the molecule is CC=Cc1cc(C(OCc2ccccc2)(C(F)(F)F)C(F)(F)F)ccc1N1C[C@H](C)N(C(=O)CN2C(=O)NC(C)(c3ccc4c(c3)OCCO4)C2=O)C[C@H]1C. The molecule has 2 saturated heterocycles. The van der Waals surface area contributed by atoms with Crippen LogP contribution >= 0.6 is 0 Å². The van der Waals surface area contributed by atoms with Gasteiger partial charge in [-0.2, -0.15) is 26.3 Å². The Labute approximate surface area is 313 Å². The molecule has 3 heterocycles. The molecule has 3 aromatic carbocycles. The second-order valence-corrected chi connectivity index (χ2v) is 13.9. The average molecular weight is 775 g/mol. The number of alkyl halides is 6. The Balaban J connectivity index is 1.22. The highest BCUT2D eigenvalue weighted by Gasteiger charge is 2.73. The van der Waals surface area contributed by atoms with E-state index in [0.717, 1.165) is 17.0 Å². The molecule has 1 unspecified atom stereocenters. The molecule has 6 rings (SSSR count). The van der Waals surface area contributed by atoms with E-state index in [9.17, 15) is 40.7 Å². The van der Waals surface area contributed by atoms with Crippen LogP contribution < -0.4 is 19.7 Å². The van der Waals surface area contributed by atoms with Crippen molar-refractivity contribution >= 4 is 29.6 Å². The minimum absolute atomic E-state index is 0.0787. The first-order valence-corrected chi connectivity index (χ1v) is 17.6. The zero-order chi connectivity index (χ0) is 39.9. The summed E-state index contributed by atoms with van der Waals surface area (Å²) in [6.07, 6.45) is -8.84. The van der Waals surface area contributed by atoms with Crippen molar-refractivity contribution in [2.45, 2.75) is 69.9 Å². The molecule has 2 fully saturated rings. The minimum atomic E-state index is -5.88. The molecule has 3 atom stereocenters. The molecule has 3 aliphatic heterocycles. The maximum Gasteiger partial charge on any atom is 0.430 e. The van der Waals surface area contributed by atoms with Gasteiger partial charge in [0.2, 0.25) is 5.91 Å². The van der Waals surface area contributed by atoms with Gasteiger partial charge in [0.15, 0.2) is 11.5 Å². The summed E-state index contributed by atoms with van der Waals surface area (Å²) in [5.74, 6) is -0.235. The summed E-state index contributed by atoms with van der Waals surface area (Å²) >= 11 is 0. The van der Waals surface area contributed by atoms with Crippen molar-refractivity contribution < 1.29 is 54.9 Å². The number of rotatable bonds is 9. The second-order valence-electron chi connectivity index (χ2n) is 13.9. The molecule has 10 nitrogen and oxygen atoms in total. The van der Waals surface area contributed by atoms with Crippen molar-refractivity contribution in [2.75, 3.05) is 37.7 Å². The van der Waals surface area contributed by atoms with Gasteiger partial charge < -0.3 is 29.3 Å². The molecular formula is C39H40F6N4O6. The zero-order valence-corrected chi connectivity index (χ0v) is 30.5. The lowest BCUT2D eigenvalue weighted by Crippen LogP contribution is -2.60. The average Bonchev–Trinajstić information content (AvgIpc) is 3.35. The number of nitrogens with one attached hydrogen (secondary N) is 1. The lowest BCUT2D eigenvalue weighted by atomic mass is 9.89. The van der Waals surface area contributed by atoms with E-state index >= 15 is 0 Å². The molecule has 0 saturated carbocycles. The second kappa shape index (κ2) is 14.8. The normalized spacial score (nSPS) is 22.0. The van der Waals surface area contributed by atoms with Crippen molar-refractivity contribution in [3.8, 4) is 11.5 Å². The van der Waals surface area contributed by atoms with Crippen LogP contribution in [-0.4, -0.2) is 84.9 Å². The first kappa shape index (κ1) is 39.4. The number of carbonyl (C=O) groups excluding carboxylic acids is 3. The van der Waals surface area contributed by atoms with Gasteiger partial charge in [-0.1, -0.05) is 54.6 Å². The van der Waals surface area contributed by atoms with Gasteiger partial charge in [0, 0.05) is 36.4 Å². The third-order valence-corrected chi connectivity index (χ3v) is 10.2. The summed E-state index contributed by atoms with van der Waals surface area (Å²) in [7, 11) is 0. The molecule has 55 heavy (non-hydrogen) atoms. The molecule has 1 N–H and O–H groups in total. The van der Waals surface area contributed by atoms with Crippen LogP contribution in [0, 0.1) is 0 Å². The Kier molecular flexibility index (Phi) is 10.6. The Hall–Kier alpha value is -5.25. The topological polar surface area (TPSA) is 101 Å². The number of hydrogen-bond acceptors (Lipinski definition) is 7. The van der Waals surface area contributed by atoms with Crippen molar-refractivity contribution in [1.82, 2.24) is 15.1 Å². The number of anilines is 1. The van der Waals surface area contributed by atoms with Crippen molar-refractivity contribution in [1.29, 1.82) is 0 Å². The third kappa shape index (κ3) is 7.19. The first-order valence-electron chi connectivity index (χ1n) is 17.6. The number of nitrogens with zero attached hydrogens (tertiary/aromatic N) is 3. The Morgan fingerprint density at radius 3 is 2.24 bits per heavy atom. The van der Waals surface area contributed by atoms with Gasteiger partial charge in [-0.05, 0) is 68.7 Å². The molecule has 0 spiro atoms. The molecule has 3 aromatic rings. The number of ether oxygens (including phenoxy) is 3. The molecule has 0 aliphatic carbocycles. The van der Waals surface area contributed by atoms with Crippen molar-refractivity contribution in [3.05, 3.63) is 95.1 Å². The van der Waals surface area contributed by atoms with Crippen LogP contribution in [0.3, 0.4) is 0 Å². The molecule has 4 amide bonds. The summed E-state index contributed by atoms with van der Waals surface area (Å²) in [5, 5.41) is 2.68. The van der Waals surface area contributed by atoms with E-state index in [1.54, 1.807) is 49.9 Å². The number of amides is 4. The fourth-order valence-electron chi connectivity index (χ4n) is 7.28. The fourth-order valence-corrected chi connectivity index (χ4v) is 7.28. The Bertz CT molecular complexity index is 1960. The van der Waals surface area contributed by atoms with E-state index in [0.29, 0.717) is 36.0 Å². The van der Waals surface area contributed by atoms with Crippen molar-refractivity contribution in [2.24, 2.45) is 0 Å². The van der Waals surface area contributed by atoms with Gasteiger partial charge in [-0.3, -0.25) is 14.5 Å². The van der Waals surface area contributed by atoms with E-state index in [1.807, 2.05) is 0 Å². The number of piperazine rings is 1. The van der Waals surface area contributed by atoms with Crippen LogP contribution in [-0.2, 0) is 32.1 Å². The number of carbonyl (C=O) groups is 3. The number of imide groups is 1. The maximum atomic E-state index is 14.7. The molecule has 294 valence electrons. The molecule has 0 radical (unpaired) electrons. The standard InChI is InChI=1S/C39H40F6N4O6/c1-5-9-27-18-29(37(38(40,41)42,39(43,44)45)55-23-26-10-7-6-8-11-26)12-14-30(27)47-20-25(3)48(21-24(47)2)33(50)22-49-34(51)36(4,46-35(49)52)28-13-15-31-32(19-28)54-17-16-53-31/h5-15,18-19,24-25H,16-17,20-23H2,1-4H3,(H,46,52)/t24-,25+,36?/m1/s1. The molecule has 0 bridgehead atoms. The molecule has 0 aromatic heterocycles. The van der Waals surface area contributed by atoms with E-state index < -0.39 is 72.1 Å². The van der Waals surface area contributed by atoms with Crippen LogP contribution in [0.25, 0.3) is 6.08 Å². The molecule has 3 aliphatic rings. The number of fused-ring (bicyclic) bond motifs is 1. The van der Waals surface area contributed by atoms with Gasteiger partial charge in [0.25, 0.3) is 11.5 Å². The smallest absolute Gasteiger partial charge is 0.430 e. The van der Waals surface area contributed by atoms with Crippen LogP contribution in [0.15, 0.2) is 72.8 Å². The largest absolute Gasteiger partial charge is 0.486 e. The summed E-state index contributed by atoms with van der Waals surface area (Å²) in [5.41, 5.74) is -6.25. The van der Waals surface area contributed by atoms with Crippen LogP contribution in [0.2, 0.25) is 0 Å². The summed E-state index contributed by atoms with van der Waals surface area (Å²) in [6, 6.07) is 13.2. The summed E-state index contributed by atoms with van der Waals surface area (Å²) in [4.78, 5) is 44.6. The fraction of sp³-hybridized carbons (Fsp3) is 0.410. The highest BCUT2D eigenvalue weighted by Crippen LogP contribution is 2.54. The predicted molar refractivity (Wildman–Crippen MR) is 189 cm³/mol. The number of hydrogen-bond donors (Lipinski definition) is 1. The number of halogens is 6. The van der Waals surface area contributed by atoms with Crippen LogP contribution in [0.1, 0.15) is 49.9 Å². The number of urea groups is 1. The van der Waals surface area contributed by atoms with E-state index in [1.165, 1.54) is 54.3 Å². The zero-order valence-electron chi connectivity index (χ0n) is 30.5. The van der Waals surface area contributed by atoms with E-state index in [4.69, 9.17) is 14.2 Å². The predicted octanol–water partition coefficient (Wildman–Crippen LogP) is 6.92. The number of benzene rings is 3. The molecular weight excluding hydrogens is 734 g/mol. The summed E-state index contributed by atoms with van der Waals surface area (Å²) < 4.78 is 104. The highest BCUT2D eigenvalue weighted by atomic mass is 19.4. The highest BCUT2D eigenvalue weighted by molar-refractivity contribution is 6.09. The first-order chi connectivity index (χ1) is 25.9. The number of allylic oxidation sites excluding steroid dienone is 1. The quantitative estimate of drug-likeness (QED) is 0.186. The minimum Gasteiger partial charge on any atom is -0.486 e. The maximum absolute atomic E-state index is 14.7. The monoisotopic (exact) mass is 774 g/mol. The van der Waals surface area contributed by atoms with Gasteiger partial charge in [0.05, 0.1) is 6.61 Å². The third-order valence-electron chi connectivity index (χ3n) is 10.2. The van der Waals surface area contributed by atoms with Gasteiger partial charge in [-0.15, -0.1) is 0 Å². The van der Waals surface area contributed by atoms with Gasteiger partial charge in [0.1, 0.15) is 25.3 Å². The summed E-state index contributed by atoms with van der Waals surface area (Å²) in [6.45, 7) is 6.00. The lowest BCUT2D eigenvalue weighted by molar-refractivity contribution is -0.392.